The monoisotopic (exact) mass is 379 g/mol. The van der Waals surface area contributed by atoms with Gasteiger partial charge in [-0.15, -0.1) is 0 Å². The number of nitrogens with one attached hydrogen (secondary N) is 2. The second-order valence-corrected chi connectivity index (χ2v) is 7.81. The number of hydrogen-bond donors (Lipinski definition) is 2. The lowest BCUT2D eigenvalue weighted by Gasteiger charge is -2.33. The van der Waals surface area contributed by atoms with Crippen molar-refractivity contribution in [3.63, 3.8) is 0 Å². The first kappa shape index (κ1) is 18.8. The van der Waals surface area contributed by atoms with Crippen molar-refractivity contribution in [2.45, 2.75) is 31.8 Å². The van der Waals surface area contributed by atoms with E-state index in [9.17, 15) is 4.79 Å². The number of carbonyl (C=O) groups is 1. The highest BCUT2D eigenvalue weighted by atomic mass is 16.5. The molecule has 1 saturated heterocycles. The van der Waals surface area contributed by atoms with E-state index in [4.69, 9.17) is 4.74 Å². The van der Waals surface area contributed by atoms with Crippen molar-refractivity contribution < 1.29 is 9.53 Å². The molecule has 4 rings (SSSR count). The molecule has 0 spiro atoms. The van der Waals surface area contributed by atoms with Gasteiger partial charge in [0.05, 0.1) is 12.6 Å². The first-order valence-electron chi connectivity index (χ1n) is 10.3. The first-order valence-corrected chi connectivity index (χ1v) is 10.3. The third-order valence-electron chi connectivity index (χ3n) is 5.67. The fourth-order valence-corrected chi connectivity index (χ4v) is 4.24. The molecule has 2 amide bonds. The van der Waals surface area contributed by atoms with Gasteiger partial charge in [-0.3, -0.25) is 4.90 Å². The summed E-state index contributed by atoms with van der Waals surface area (Å²) in [6.45, 7) is 4.52. The Bertz CT molecular complexity index is 780. The van der Waals surface area contributed by atoms with Gasteiger partial charge in [-0.05, 0) is 36.9 Å². The molecule has 148 valence electrons. The number of ether oxygens (including phenoxy) is 1. The van der Waals surface area contributed by atoms with E-state index in [-0.39, 0.29) is 12.1 Å². The molecule has 2 heterocycles. The highest BCUT2D eigenvalue weighted by Gasteiger charge is 2.24. The van der Waals surface area contributed by atoms with Crippen LogP contribution in [0.1, 0.15) is 36.4 Å². The van der Waals surface area contributed by atoms with E-state index < -0.39 is 0 Å². The minimum absolute atomic E-state index is 0.0193. The summed E-state index contributed by atoms with van der Waals surface area (Å²) in [6.07, 6.45) is 3.17. The molecule has 5 nitrogen and oxygen atoms in total. The number of urea groups is 1. The molecule has 0 bridgehead atoms. The van der Waals surface area contributed by atoms with Crippen molar-refractivity contribution in [2.24, 2.45) is 5.92 Å². The van der Waals surface area contributed by atoms with E-state index in [0.717, 1.165) is 43.9 Å². The van der Waals surface area contributed by atoms with Crippen LogP contribution in [0.5, 0.6) is 5.75 Å². The predicted octanol–water partition coefficient (Wildman–Crippen LogP) is 3.72. The smallest absolute Gasteiger partial charge is 0.315 e. The van der Waals surface area contributed by atoms with Crippen LogP contribution in [0.2, 0.25) is 0 Å². The summed E-state index contributed by atoms with van der Waals surface area (Å²) < 4.78 is 5.67. The number of nitrogens with zero attached hydrogens (tertiary/aromatic N) is 1. The second kappa shape index (κ2) is 9.11. The molecule has 0 aromatic heterocycles. The number of para-hydroxylation sites is 1. The van der Waals surface area contributed by atoms with E-state index in [1.807, 2.05) is 24.3 Å². The van der Waals surface area contributed by atoms with Crippen LogP contribution in [0.15, 0.2) is 54.6 Å². The van der Waals surface area contributed by atoms with Crippen molar-refractivity contribution in [2.75, 3.05) is 26.2 Å². The van der Waals surface area contributed by atoms with Gasteiger partial charge in [0.15, 0.2) is 0 Å². The number of fused-ring (bicyclic) bond motifs is 1. The molecule has 0 unspecified atom stereocenters. The Balaban J connectivity index is 1.25. The van der Waals surface area contributed by atoms with Crippen LogP contribution in [0, 0.1) is 5.92 Å². The number of benzene rings is 2. The van der Waals surface area contributed by atoms with Crippen molar-refractivity contribution in [1.29, 1.82) is 0 Å². The quantitative estimate of drug-likeness (QED) is 0.832. The Morgan fingerprint density at radius 1 is 1.07 bits per heavy atom. The van der Waals surface area contributed by atoms with Crippen LogP contribution in [0.3, 0.4) is 0 Å². The summed E-state index contributed by atoms with van der Waals surface area (Å²) in [7, 11) is 0. The average Bonchev–Trinajstić information content (AvgIpc) is 2.74. The number of rotatable bonds is 5. The maximum Gasteiger partial charge on any atom is 0.315 e. The molecule has 0 radical (unpaired) electrons. The topological polar surface area (TPSA) is 53.6 Å². The molecule has 2 aromatic rings. The lowest BCUT2D eigenvalue weighted by molar-refractivity contribution is 0.164. The van der Waals surface area contributed by atoms with E-state index in [1.165, 1.54) is 18.4 Å². The first-order chi connectivity index (χ1) is 13.8. The maximum atomic E-state index is 12.5. The molecular formula is C23H29N3O2. The molecular weight excluding hydrogens is 350 g/mol. The van der Waals surface area contributed by atoms with Crippen LogP contribution in [0.4, 0.5) is 4.79 Å². The van der Waals surface area contributed by atoms with Gasteiger partial charge in [-0.2, -0.15) is 0 Å². The van der Waals surface area contributed by atoms with Gasteiger partial charge in [-0.25, -0.2) is 4.79 Å². The Kier molecular flexibility index (Phi) is 6.12. The van der Waals surface area contributed by atoms with Crippen molar-refractivity contribution in [3.8, 4) is 5.75 Å². The highest BCUT2D eigenvalue weighted by molar-refractivity contribution is 5.74. The number of amides is 2. The summed E-state index contributed by atoms with van der Waals surface area (Å²) >= 11 is 0. The van der Waals surface area contributed by atoms with E-state index in [2.05, 4.69) is 45.9 Å². The van der Waals surface area contributed by atoms with Crippen LogP contribution in [-0.4, -0.2) is 37.2 Å². The normalized spacial score (nSPS) is 22.0. The van der Waals surface area contributed by atoms with E-state index in [1.54, 1.807) is 0 Å². The van der Waals surface area contributed by atoms with E-state index in [0.29, 0.717) is 12.5 Å². The van der Waals surface area contributed by atoms with Crippen LogP contribution in [-0.2, 0) is 6.54 Å². The maximum absolute atomic E-state index is 12.5. The summed E-state index contributed by atoms with van der Waals surface area (Å²) in [5.41, 5.74) is 2.42. The fraction of sp³-hybridized carbons (Fsp3) is 0.435. The summed E-state index contributed by atoms with van der Waals surface area (Å²) in [5, 5.41) is 6.22. The Morgan fingerprint density at radius 2 is 1.89 bits per heavy atom. The van der Waals surface area contributed by atoms with Gasteiger partial charge in [0.25, 0.3) is 0 Å². The summed E-state index contributed by atoms with van der Waals surface area (Å²) in [4.78, 5) is 15.0. The minimum atomic E-state index is -0.0816. The second-order valence-electron chi connectivity index (χ2n) is 7.81. The van der Waals surface area contributed by atoms with Gasteiger partial charge in [0, 0.05) is 31.6 Å². The van der Waals surface area contributed by atoms with Gasteiger partial charge in [-0.1, -0.05) is 48.5 Å². The van der Waals surface area contributed by atoms with Crippen molar-refractivity contribution in [3.05, 3.63) is 65.7 Å². The third-order valence-corrected chi connectivity index (χ3v) is 5.67. The van der Waals surface area contributed by atoms with Gasteiger partial charge in [0.2, 0.25) is 0 Å². The minimum Gasteiger partial charge on any atom is -0.493 e. The lowest BCUT2D eigenvalue weighted by atomic mass is 9.97. The molecule has 5 heteroatoms. The van der Waals surface area contributed by atoms with Crippen molar-refractivity contribution in [1.82, 2.24) is 15.5 Å². The number of piperidine rings is 1. The van der Waals surface area contributed by atoms with Crippen molar-refractivity contribution >= 4 is 6.03 Å². The predicted molar refractivity (Wildman–Crippen MR) is 110 cm³/mol. The number of hydrogen-bond acceptors (Lipinski definition) is 3. The SMILES string of the molecule is O=C(NC[C@@H]1CCCN(Cc2ccccc2)C1)N[C@@H]1CCOc2ccccc21. The molecule has 1 fully saturated rings. The number of likely N-dealkylation sites (tertiary alicyclic amines) is 1. The molecule has 2 N–H and O–H groups in total. The Morgan fingerprint density at radius 3 is 2.79 bits per heavy atom. The third kappa shape index (κ3) is 4.84. The lowest BCUT2D eigenvalue weighted by Crippen LogP contribution is -2.44. The zero-order valence-corrected chi connectivity index (χ0v) is 16.3. The number of carbonyl (C=O) groups excluding carboxylic acids is 1. The Labute approximate surface area is 167 Å². The zero-order valence-electron chi connectivity index (χ0n) is 16.3. The molecule has 0 saturated carbocycles. The van der Waals surface area contributed by atoms with Crippen LogP contribution in [0.25, 0.3) is 0 Å². The van der Waals surface area contributed by atoms with Crippen LogP contribution < -0.4 is 15.4 Å². The van der Waals surface area contributed by atoms with Gasteiger partial charge in [0.1, 0.15) is 5.75 Å². The molecule has 2 aliphatic rings. The highest BCUT2D eigenvalue weighted by Crippen LogP contribution is 2.31. The summed E-state index contributed by atoms with van der Waals surface area (Å²) in [5.74, 6) is 1.38. The summed E-state index contributed by atoms with van der Waals surface area (Å²) in [6, 6.07) is 18.5. The molecule has 2 aliphatic heterocycles. The standard InChI is InChI=1S/C23H29N3O2/c27-23(25-21-12-14-28-22-11-5-4-10-20(21)22)24-15-19-9-6-13-26(17-19)16-18-7-2-1-3-8-18/h1-5,7-8,10-11,19,21H,6,9,12-17H2,(H2,24,25,27)/t19-,21+/m0/s1. The zero-order chi connectivity index (χ0) is 19.2. The van der Waals surface area contributed by atoms with Gasteiger partial charge >= 0.3 is 6.03 Å². The Hall–Kier alpha value is -2.53. The van der Waals surface area contributed by atoms with E-state index >= 15 is 0 Å². The molecule has 28 heavy (non-hydrogen) atoms. The average molecular weight is 380 g/mol. The molecule has 2 aromatic carbocycles. The van der Waals surface area contributed by atoms with Gasteiger partial charge < -0.3 is 15.4 Å². The largest absolute Gasteiger partial charge is 0.493 e. The fourth-order valence-electron chi connectivity index (χ4n) is 4.24. The van der Waals surface area contributed by atoms with Crippen LogP contribution >= 0.6 is 0 Å². The molecule has 0 aliphatic carbocycles. The molecule has 2 atom stereocenters.